The number of nitrogens with one attached hydrogen (secondary N) is 1. The van der Waals surface area contributed by atoms with Gasteiger partial charge >= 0.3 is 0 Å². The van der Waals surface area contributed by atoms with Gasteiger partial charge in [0.15, 0.2) is 0 Å². The molecule has 2 aliphatic rings. The second-order valence-corrected chi connectivity index (χ2v) is 6.50. The molecular formula is C17H22N2O6. The zero-order valence-electron chi connectivity index (χ0n) is 14.0. The molecule has 1 saturated heterocycles. The summed E-state index contributed by atoms with van der Waals surface area (Å²) in [5.41, 5.74) is 1.17. The highest BCUT2D eigenvalue weighted by atomic mass is 16.5. The third kappa shape index (κ3) is 3.46. The molecule has 25 heavy (non-hydrogen) atoms. The number of hydrogen-bond donors (Lipinski definition) is 3. The summed E-state index contributed by atoms with van der Waals surface area (Å²) < 4.78 is 11.0. The number of amides is 2. The van der Waals surface area contributed by atoms with Crippen LogP contribution in [-0.4, -0.2) is 58.5 Å². The lowest BCUT2D eigenvalue weighted by molar-refractivity contribution is -0.164. The van der Waals surface area contributed by atoms with E-state index in [1.54, 1.807) is 22.5 Å². The molecule has 0 spiro atoms. The molecule has 0 aliphatic carbocycles. The highest BCUT2D eigenvalue weighted by Crippen LogP contribution is 2.30. The number of fused-ring (bicyclic) bond motifs is 1. The molecule has 136 valence electrons. The molecule has 1 atom stereocenters. The maximum absolute atomic E-state index is 12.9. The second-order valence-electron chi connectivity index (χ2n) is 6.50. The van der Waals surface area contributed by atoms with Gasteiger partial charge in [-0.05, 0) is 19.1 Å². The third-order valence-electron chi connectivity index (χ3n) is 4.76. The van der Waals surface area contributed by atoms with Gasteiger partial charge in [0.1, 0.15) is 18.0 Å². The predicted octanol–water partition coefficient (Wildman–Crippen LogP) is 0.457. The molecule has 0 bridgehead atoms. The molecule has 1 aromatic rings. The summed E-state index contributed by atoms with van der Waals surface area (Å²) >= 11 is 0. The van der Waals surface area contributed by atoms with Crippen LogP contribution in [0, 0.1) is 0 Å². The minimum absolute atomic E-state index is 0.234. The molecule has 1 aromatic carbocycles. The number of hydroxylamine groups is 1. The van der Waals surface area contributed by atoms with Crippen molar-refractivity contribution in [3.63, 3.8) is 0 Å². The first kappa shape index (κ1) is 17.7. The normalized spacial score (nSPS) is 22.4. The zero-order chi connectivity index (χ0) is 18.0. The van der Waals surface area contributed by atoms with Crippen molar-refractivity contribution in [2.24, 2.45) is 0 Å². The van der Waals surface area contributed by atoms with E-state index < -0.39 is 11.5 Å². The summed E-state index contributed by atoms with van der Waals surface area (Å²) in [6, 6.07) is 4.54. The van der Waals surface area contributed by atoms with Crippen molar-refractivity contribution in [1.82, 2.24) is 10.4 Å². The summed E-state index contributed by atoms with van der Waals surface area (Å²) in [5.74, 6) is -0.465. The Bertz CT molecular complexity index is 671. The van der Waals surface area contributed by atoms with E-state index in [9.17, 15) is 14.7 Å². The topological polar surface area (TPSA) is 108 Å². The van der Waals surface area contributed by atoms with Crippen molar-refractivity contribution in [2.75, 3.05) is 19.8 Å². The van der Waals surface area contributed by atoms with Crippen molar-refractivity contribution in [1.29, 1.82) is 0 Å². The van der Waals surface area contributed by atoms with Gasteiger partial charge in [0.2, 0.25) is 0 Å². The Labute approximate surface area is 145 Å². The predicted molar refractivity (Wildman–Crippen MR) is 86.2 cm³/mol. The fraction of sp³-hybridized carbons (Fsp3) is 0.529. The van der Waals surface area contributed by atoms with Crippen LogP contribution in [0.4, 0.5) is 0 Å². The Morgan fingerprint density at radius 1 is 1.32 bits per heavy atom. The van der Waals surface area contributed by atoms with E-state index >= 15 is 0 Å². The molecule has 2 heterocycles. The number of carbonyl (C=O) groups excluding carboxylic acids is 2. The average molecular weight is 350 g/mol. The third-order valence-corrected chi connectivity index (χ3v) is 4.76. The van der Waals surface area contributed by atoms with Crippen molar-refractivity contribution < 1.29 is 29.4 Å². The van der Waals surface area contributed by atoms with Gasteiger partial charge in [-0.25, -0.2) is 5.48 Å². The minimum atomic E-state index is -1.41. The van der Waals surface area contributed by atoms with Gasteiger partial charge in [-0.15, -0.1) is 0 Å². The van der Waals surface area contributed by atoms with Crippen molar-refractivity contribution in [2.45, 2.75) is 38.0 Å². The fourth-order valence-corrected chi connectivity index (χ4v) is 3.13. The quantitative estimate of drug-likeness (QED) is 0.528. The molecular weight excluding hydrogens is 328 g/mol. The molecule has 1 fully saturated rings. The van der Waals surface area contributed by atoms with E-state index in [4.69, 9.17) is 14.7 Å². The maximum Gasteiger partial charge on any atom is 0.274 e. The van der Waals surface area contributed by atoms with Crippen LogP contribution < -0.4 is 10.2 Å². The Kier molecular flexibility index (Phi) is 4.94. The van der Waals surface area contributed by atoms with E-state index in [1.807, 2.05) is 6.92 Å². The smallest absolute Gasteiger partial charge is 0.274 e. The van der Waals surface area contributed by atoms with Gasteiger partial charge < -0.3 is 19.5 Å². The standard InChI is InChI=1S/C17H22N2O6/c1-11-10-25-14-8-12(15(20)18-23)2-3-13(14)9-19(11)16(21)17(22)4-6-24-7-5-17/h2-3,8,11,22-23H,4-7,9-10H2,1H3,(H,18,20)/t11-/m0/s1. The second kappa shape index (κ2) is 6.99. The molecule has 8 nitrogen and oxygen atoms in total. The number of nitrogens with zero attached hydrogens (tertiary/aromatic N) is 1. The summed E-state index contributed by atoms with van der Waals surface area (Å²) in [6.45, 7) is 3.09. The minimum Gasteiger partial charge on any atom is -0.491 e. The number of aliphatic hydroxyl groups is 1. The van der Waals surface area contributed by atoms with Crippen LogP contribution in [0.1, 0.15) is 35.7 Å². The molecule has 8 heteroatoms. The van der Waals surface area contributed by atoms with Gasteiger partial charge in [0, 0.05) is 43.7 Å². The van der Waals surface area contributed by atoms with Crippen LogP contribution in [0.5, 0.6) is 5.75 Å². The fourth-order valence-electron chi connectivity index (χ4n) is 3.13. The molecule has 2 aliphatic heterocycles. The Morgan fingerprint density at radius 2 is 2.04 bits per heavy atom. The first-order chi connectivity index (χ1) is 11.9. The number of carbonyl (C=O) groups is 2. The van der Waals surface area contributed by atoms with E-state index in [0.717, 1.165) is 5.56 Å². The molecule has 2 amide bonds. The maximum atomic E-state index is 12.9. The largest absolute Gasteiger partial charge is 0.491 e. The Balaban J connectivity index is 1.85. The van der Waals surface area contributed by atoms with Crippen LogP contribution in [0.3, 0.4) is 0 Å². The van der Waals surface area contributed by atoms with Gasteiger partial charge in [-0.2, -0.15) is 0 Å². The molecule has 0 radical (unpaired) electrons. The molecule has 3 rings (SSSR count). The van der Waals surface area contributed by atoms with Crippen LogP contribution in [0.25, 0.3) is 0 Å². The van der Waals surface area contributed by atoms with Crippen molar-refractivity contribution >= 4 is 11.8 Å². The first-order valence-corrected chi connectivity index (χ1v) is 8.26. The Morgan fingerprint density at radius 3 is 2.72 bits per heavy atom. The van der Waals surface area contributed by atoms with Gasteiger partial charge in [-0.3, -0.25) is 14.8 Å². The van der Waals surface area contributed by atoms with E-state index in [-0.39, 0.29) is 43.5 Å². The van der Waals surface area contributed by atoms with E-state index in [1.165, 1.54) is 6.07 Å². The van der Waals surface area contributed by atoms with Crippen LogP contribution in [0.2, 0.25) is 0 Å². The van der Waals surface area contributed by atoms with Crippen LogP contribution in [-0.2, 0) is 16.1 Å². The summed E-state index contributed by atoms with van der Waals surface area (Å²) in [4.78, 5) is 26.1. The van der Waals surface area contributed by atoms with Gasteiger partial charge in [0.25, 0.3) is 11.8 Å². The molecule has 3 N–H and O–H groups in total. The monoisotopic (exact) mass is 350 g/mol. The van der Waals surface area contributed by atoms with Crippen LogP contribution >= 0.6 is 0 Å². The highest BCUT2D eigenvalue weighted by molar-refractivity contribution is 5.94. The van der Waals surface area contributed by atoms with E-state index in [2.05, 4.69) is 0 Å². The average Bonchev–Trinajstić information content (AvgIpc) is 2.79. The zero-order valence-corrected chi connectivity index (χ0v) is 14.0. The van der Waals surface area contributed by atoms with Crippen molar-refractivity contribution in [3.05, 3.63) is 29.3 Å². The SMILES string of the molecule is C[C@H]1COc2cc(C(=O)NO)ccc2CN1C(=O)C1(O)CCOCC1. The van der Waals surface area contributed by atoms with Crippen LogP contribution in [0.15, 0.2) is 18.2 Å². The lowest BCUT2D eigenvalue weighted by atomic mass is 9.92. The summed E-state index contributed by atoms with van der Waals surface area (Å²) in [7, 11) is 0. The van der Waals surface area contributed by atoms with Crippen molar-refractivity contribution in [3.8, 4) is 5.75 Å². The lowest BCUT2D eigenvalue weighted by Gasteiger charge is -2.37. The summed E-state index contributed by atoms with van der Waals surface area (Å²) in [5, 5.41) is 19.5. The first-order valence-electron chi connectivity index (χ1n) is 8.26. The lowest BCUT2D eigenvalue weighted by Crippen LogP contribution is -2.54. The number of ether oxygens (including phenoxy) is 2. The molecule has 0 unspecified atom stereocenters. The van der Waals surface area contributed by atoms with E-state index in [0.29, 0.717) is 19.0 Å². The highest BCUT2D eigenvalue weighted by Gasteiger charge is 2.42. The Hall–Kier alpha value is -2.16. The number of benzene rings is 1. The summed E-state index contributed by atoms with van der Waals surface area (Å²) in [6.07, 6.45) is 0.552. The number of hydrogen-bond acceptors (Lipinski definition) is 6. The molecule has 0 saturated carbocycles. The van der Waals surface area contributed by atoms with Gasteiger partial charge in [0.05, 0.1) is 6.04 Å². The number of rotatable bonds is 2. The molecule has 0 aromatic heterocycles. The van der Waals surface area contributed by atoms with Gasteiger partial charge in [-0.1, -0.05) is 6.07 Å².